The van der Waals surface area contributed by atoms with Gasteiger partial charge in [0.05, 0.1) is 13.2 Å². The summed E-state index contributed by atoms with van der Waals surface area (Å²) in [5.74, 6) is 1.49. The van der Waals surface area contributed by atoms with Crippen molar-refractivity contribution in [1.82, 2.24) is 0 Å². The maximum atomic E-state index is 6.41. The molecule has 1 aromatic carbocycles. The highest BCUT2D eigenvalue weighted by atomic mass is 79.9. The van der Waals surface area contributed by atoms with Crippen LogP contribution in [0.4, 0.5) is 0 Å². The Morgan fingerprint density at radius 3 is 2.11 bits per heavy atom. The van der Waals surface area contributed by atoms with Crippen molar-refractivity contribution in [2.24, 2.45) is 0 Å². The Labute approximate surface area is 129 Å². The van der Waals surface area contributed by atoms with Crippen LogP contribution in [0.25, 0.3) is 0 Å². The highest BCUT2D eigenvalue weighted by Gasteiger charge is 2.25. The molecule has 0 aliphatic carbocycles. The number of alkyl halides is 1. The van der Waals surface area contributed by atoms with Crippen molar-refractivity contribution >= 4 is 27.5 Å². The first kappa shape index (κ1) is 16.6. The number of benzene rings is 1. The van der Waals surface area contributed by atoms with Crippen molar-refractivity contribution in [2.75, 3.05) is 18.5 Å². The summed E-state index contributed by atoms with van der Waals surface area (Å²) in [6.07, 6.45) is 1.01. The van der Waals surface area contributed by atoms with Crippen LogP contribution in [-0.4, -0.2) is 18.5 Å². The molecule has 108 valence electrons. The van der Waals surface area contributed by atoms with Crippen LogP contribution in [0.5, 0.6) is 11.5 Å². The lowest BCUT2D eigenvalue weighted by Crippen LogP contribution is -2.18. The van der Waals surface area contributed by atoms with Gasteiger partial charge in [0.2, 0.25) is 0 Å². The van der Waals surface area contributed by atoms with Crippen molar-refractivity contribution in [3.8, 4) is 11.5 Å². The van der Waals surface area contributed by atoms with Gasteiger partial charge in [0, 0.05) is 16.4 Å². The molecule has 0 spiro atoms. The number of halogens is 2. The Bertz CT molecular complexity index is 419. The van der Waals surface area contributed by atoms with Gasteiger partial charge in [0.1, 0.15) is 0 Å². The summed E-state index contributed by atoms with van der Waals surface area (Å²) < 4.78 is 11.2. The second-order valence-corrected chi connectivity index (χ2v) is 6.17. The Morgan fingerprint density at radius 1 is 1.11 bits per heavy atom. The van der Waals surface area contributed by atoms with Crippen molar-refractivity contribution in [1.29, 1.82) is 0 Å². The predicted octanol–water partition coefficient (Wildman–Crippen LogP) is 5.20. The van der Waals surface area contributed by atoms with Gasteiger partial charge in [-0.25, -0.2) is 0 Å². The van der Waals surface area contributed by atoms with E-state index in [2.05, 4.69) is 29.8 Å². The molecule has 1 aromatic rings. The highest BCUT2D eigenvalue weighted by molar-refractivity contribution is 9.09. The van der Waals surface area contributed by atoms with Crippen LogP contribution < -0.4 is 9.47 Å². The molecule has 0 aromatic heterocycles. The normalized spacial score (nSPS) is 11.5. The van der Waals surface area contributed by atoms with Crippen LogP contribution in [0.2, 0.25) is 5.02 Å². The Balaban J connectivity index is 3.23. The van der Waals surface area contributed by atoms with E-state index < -0.39 is 0 Å². The Hall–Kier alpha value is -0.410. The molecule has 1 rings (SSSR count). The first-order chi connectivity index (χ1) is 8.96. The van der Waals surface area contributed by atoms with Gasteiger partial charge in [0.15, 0.2) is 11.5 Å². The van der Waals surface area contributed by atoms with Crippen molar-refractivity contribution in [2.45, 2.75) is 39.5 Å². The summed E-state index contributed by atoms with van der Waals surface area (Å²) in [5.41, 5.74) is 1.09. The molecule has 19 heavy (non-hydrogen) atoms. The molecule has 0 N–H and O–H groups in total. The number of hydrogen-bond acceptors (Lipinski definition) is 2. The fourth-order valence-corrected chi connectivity index (χ4v) is 3.36. The predicted molar refractivity (Wildman–Crippen MR) is 85.2 cm³/mol. The Kier molecular flexibility index (Phi) is 6.48. The first-order valence-electron chi connectivity index (χ1n) is 6.61. The average molecular weight is 350 g/mol. The first-order valence-corrected chi connectivity index (χ1v) is 8.11. The molecule has 0 atom stereocenters. The molecule has 0 amide bonds. The maximum Gasteiger partial charge on any atom is 0.162 e. The number of rotatable bonds is 7. The average Bonchev–Trinajstić information content (AvgIpc) is 2.32. The summed E-state index contributed by atoms with van der Waals surface area (Å²) in [6, 6.07) is 3.88. The monoisotopic (exact) mass is 348 g/mol. The minimum absolute atomic E-state index is 0.00280. The van der Waals surface area contributed by atoms with Gasteiger partial charge in [-0.3, -0.25) is 0 Å². The lowest BCUT2D eigenvalue weighted by molar-refractivity contribution is 0.287. The molecule has 0 unspecified atom stereocenters. The fraction of sp³-hybridized carbons (Fsp3) is 0.600. The van der Waals surface area contributed by atoms with Crippen LogP contribution in [0, 0.1) is 0 Å². The molecule has 0 radical (unpaired) electrons. The summed E-state index contributed by atoms with van der Waals surface area (Å²) in [5, 5.41) is 1.67. The zero-order chi connectivity index (χ0) is 14.5. The summed E-state index contributed by atoms with van der Waals surface area (Å²) >= 11 is 9.90. The molecule has 0 fully saturated rings. The van der Waals surface area contributed by atoms with Crippen LogP contribution in [0.1, 0.15) is 39.7 Å². The third kappa shape index (κ3) is 4.28. The van der Waals surface area contributed by atoms with Crippen LogP contribution in [0.3, 0.4) is 0 Å². The van der Waals surface area contributed by atoms with E-state index in [9.17, 15) is 0 Å². The summed E-state index contributed by atoms with van der Waals surface area (Å²) in [4.78, 5) is 0. The molecule has 2 nitrogen and oxygen atoms in total. The van der Waals surface area contributed by atoms with E-state index >= 15 is 0 Å². The fourth-order valence-electron chi connectivity index (χ4n) is 1.96. The lowest BCUT2D eigenvalue weighted by atomic mass is 9.82. The van der Waals surface area contributed by atoms with Crippen molar-refractivity contribution < 1.29 is 9.47 Å². The molecule has 0 aliphatic heterocycles. The molecule has 0 saturated heterocycles. The largest absolute Gasteiger partial charge is 0.490 e. The second-order valence-electron chi connectivity index (χ2n) is 4.97. The van der Waals surface area contributed by atoms with Gasteiger partial charge < -0.3 is 9.47 Å². The van der Waals surface area contributed by atoms with Crippen LogP contribution >= 0.6 is 27.5 Å². The minimum atomic E-state index is -0.00280. The SMILES string of the molecule is CCOc1cc(Cl)c(C(C)(C)CCBr)cc1OCC. The maximum absolute atomic E-state index is 6.41. The van der Waals surface area contributed by atoms with E-state index in [0.717, 1.165) is 28.1 Å². The quantitative estimate of drug-likeness (QED) is 0.630. The van der Waals surface area contributed by atoms with E-state index in [1.54, 1.807) is 0 Å². The van der Waals surface area contributed by atoms with Crippen molar-refractivity contribution in [3.63, 3.8) is 0 Å². The van der Waals surface area contributed by atoms with Gasteiger partial charge >= 0.3 is 0 Å². The van der Waals surface area contributed by atoms with Crippen LogP contribution in [-0.2, 0) is 5.41 Å². The smallest absolute Gasteiger partial charge is 0.162 e. The molecule has 0 heterocycles. The van der Waals surface area contributed by atoms with Gasteiger partial charge in [0.25, 0.3) is 0 Å². The topological polar surface area (TPSA) is 18.5 Å². The highest BCUT2D eigenvalue weighted by Crippen LogP contribution is 2.40. The van der Waals surface area contributed by atoms with E-state index in [4.69, 9.17) is 21.1 Å². The number of ether oxygens (including phenoxy) is 2. The van der Waals surface area contributed by atoms with E-state index in [1.807, 2.05) is 26.0 Å². The molecular formula is C15H22BrClO2. The zero-order valence-corrected chi connectivity index (χ0v) is 14.4. The Morgan fingerprint density at radius 2 is 1.63 bits per heavy atom. The third-order valence-electron chi connectivity index (χ3n) is 3.08. The minimum Gasteiger partial charge on any atom is -0.490 e. The molecule has 0 saturated carbocycles. The zero-order valence-electron chi connectivity index (χ0n) is 12.1. The van der Waals surface area contributed by atoms with Crippen molar-refractivity contribution in [3.05, 3.63) is 22.7 Å². The van der Waals surface area contributed by atoms with E-state index in [-0.39, 0.29) is 5.41 Å². The van der Waals surface area contributed by atoms with Gasteiger partial charge in [-0.15, -0.1) is 0 Å². The third-order valence-corrected chi connectivity index (χ3v) is 3.79. The van der Waals surface area contributed by atoms with E-state index in [0.29, 0.717) is 19.0 Å². The second kappa shape index (κ2) is 7.39. The summed E-state index contributed by atoms with van der Waals surface area (Å²) in [6.45, 7) is 9.50. The number of hydrogen-bond donors (Lipinski definition) is 0. The van der Waals surface area contributed by atoms with Crippen LogP contribution in [0.15, 0.2) is 12.1 Å². The standard InChI is InChI=1S/C15H22BrClO2/c1-5-18-13-9-11(15(3,4)7-8-16)12(17)10-14(13)19-6-2/h9-10H,5-8H2,1-4H3. The van der Waals surface area contributed by atoms with Gasteiger partial charge in [-0.2, -0.15) is 0 Å². The molecule has 0 aliphatic rings. The van der Waals surface area contributed by atoms with Gasteiger partial charge in [-0.05, 0) is 37.3 Å². The molecule has 4 heteroatoms. The van der Waals surface area contributed by atoms with Gasteiger partial charge in [-0.1, -0.05) is 41.4 Å². The summed E-state index contributed by atoms with van der Waals surface area (Å²) in [7, 11) is 0. The molecular weight excluding hydrogens is 328 g/mol. The van der Waals surface area contributed by atoms with E-state index in [1.165, 1.54) is 0 Å². The molecule has 0 bridgehead atoms. The lowest BCUT2D eigenvalue weighted by Gasteiger charge is -2.27.